The summed E-state index contributed by atoms with van der Waals surface area (Å²) < 4.78 is 6.03. The molecule has 2 heterocycles. The summed E-state index contributed by atoms with van der Waals surface area (Å²) in [5.41, 5.74) is 4.91. The van der Waals surface area contributed by atoms with Crippen molar-refractivity contribution in [3.63, 3.8) is 0 Å². The van der Waals surface area contributed by atoms with Gasteiger partial charge in [0.2, 0.25) is 0 Å². The van der Waals surface area contributed by atoms with Crippen molar-refractivity contribution in [3.8, 4) is 22.6 Å². The van der Waals surface area contributed by atoms with Gasteiger partial charge in [0, 0.05) is 68.8 Å². The fraction of sp³-hybridized carbons (Fsp3) is 0.400. The fourth-order valence-electron chi connectivity index (χ4n) is 4.78. The second kappa shape index (κ2) is 12.1. The van der Waals surface area contributed by atoms with Gasteiger partial charge in [0.25, 0.3) is 5.91 Å². The normalized spacial score (nSPS) is 14.1. The molecule has 1 aromatic heterocycles. The molecule has 0 radical (unpaired) electrons. The predicted octanol–water partition coefficient (Wildman–Crippen LogP) is 5.05. The van der Waals surface area contributed by atoms with Crippen LogP contribution in [0, 0.1) is 0 Å². The summed E-state index contributed by atoms with van der Waals surface area (Å²) in [5.74, 6) is 1.06. The summed E-state index contributed by atoms with van der Waals surface area (Å²) in [6.45, 7) is 14.1. The third-order valence-corrected chi connectivity index (χ3v) is 6.70. The molecule has 1 N–H and O–H groups in total. The topological polar surface area (TPSA) is 69.1 Å². The SMILES string of the molecule is CCN(CC)C(=O)c1ccc(N2CCN(Cc3cc(OC(C)C)cc(-c4cncc(O)c4)c3)CC2)cc1. The Labute approximate surface area is 220 Å². The van der Waals surface area contributed by atoms with Gasteiger partial charge in [0.15, 0.2) is 0 Å². The van der Waals surface area contributed by atoms with E-state index in [0.717, 1.165) is 73.9 Å². The van der Waals surface area contributed by atoms with Crippen LogP contribution in [0.4, 0.5) is 5.69 Å². The molecule has 1 aliphatic heterocycles. The number of aromatic nitrogens is 1. The molecule has 7 nitrogen and oxygen atoms in total. The first kappa shape index (κ1) is 26.5. The maximum absolute atomic E-state index is 12.6. The summed E-state index contributed by atoms with van der Waals surface area (Å²) in [6.07, 6.45) is 3.27. The van der Waals surface area contributed by atoms with Gasteiger partial charge in [-0.05, 0) is 87.4 Å². The predicted molar refractivity (Wildman–Crippen MR) is 148 cm³/mol. The lowest BCUT2D eigenvalue weighted by Crippen LogP contribution is -2.46. The number of ether oxygens (including phenoxy) is 1. The highest BCUT2D eigenvalue weighted by Gasteiger charge is 2.19. The number of amides is 1. The Bertz CT molecular complexity index is 1180. The number of hydrogen-bond donors (Lipinski definition) is 1. The van der Waals surface area contributed by atoms with E-state index in [1.165, 1.54) is 11.8 Å². The minimum absolute atomic E-state index is 0.0719. The van der Waals surface area contributed by atoms with Crippen LogP contribution in [0.3, 0.4) is 0 Å². The maximum atomic E-state index is 12.6. The smallest absolute Gasteiger partial charge is 0.253 e. The standard InChI is InChI=1S/C30H38N4O3/c1-5-33(6-2)30(36)24-7-9-27(10-8-24)34-13-11-32(12-14-34)21-23-15-25(18-29(16-23)37-22(3)4)26-17-28(35)20-31-19-26/h7-10,15-20,22,35H,5-6,11-14,21H2,1-4H3. The molecule has 4 rings (SSSR count). The Morgan fingerprint density at radius 1 is 0.973 bits per heavy atom. The van der Waals surface area contributed by atoms with E-state index in [0.29, 0.717) is 0 Å². The molecule has 2 aromatic carbocycles. The molecule has 3 aromatic rings. The van der Waals surface area contributed by atoms with Gasteiger partial charge in [0.1, 0.15) is 11.5 Å². The van der Waals surface area contributed by atoms with Gasteiger partial charge in [-0.3, -0.25) is 14.7 Å². The zero-order valence-electron chi connectivity index (χ0n) is 22.4. The lowest BCUT2D eigenvalue weighted by atomic mass is 10.0. The van der Waals surface area contributed by atoms with Crippen LogP contribution >= 0.6 is 0 Å². The van der Waals surface area contributed by atoms with Gasteiger partial charge in [-0.1, -0.05) is 0 Å². The first-order valence-corrected chi connectivity index (χ1v) is 13.2. The molecule has 1 fully saturated rings. The molecule has 0 spiro atoms. The summed E-state index contributed by atoms with van der Waals surface area (Å²) in [7, 11) is 0. The van der Waals surface area contributed by atoms with Crippen molar-refractivity contribution >= 4 is 11.6 Å². The van der Waals surface area contributed by atoms with E-state index >= 15 is 0 Å². The highest BCUT2D eigenvalue weighted by Crippen LogP contribution is 2.29. The number of anilines is 1. The monoisotopic (exact) mass is 502 g/mol. The van der Waals surface area contributed by atoms with E-state index < -0.39 is 0 Å². The van der Waals surface area contributed by atoms with E-state index in [-0.39, 0.29) is 17.8 Å². The second-order valence-corrected chi connectivity index (χ2v) is 9.75. The van der Waals surface area contributed by atoms with Crippen LogP contribution in [0.15, 0.2) is 60.9 Å². The average Bonchev–Trinajstić information content (AvgIpc) is 2.89. The Balaban J connectivity index is 1.41. The molecule has 0 saturated carbocycles. The number of aromatic hydroxyl groups is 1. The zero-order valence-corrected chi connectivity index (χ0v) is 22.4. The molecule has 1 saturated heterocycles. The first-order valence-electron chi connectivity index (χ1n) is 13.2. The quantitative estimate of drug-likeness (QED) is 0.442. The van der Waals surface area contributed by atoms with Crippen LogP contribution in [0.25, 0.3) is 11.1 Å². The van der Waals surface area contributed by atoms with Gasteiger partial charge in [-0.25, -0.2) is 0 Å². The lowest BCUT2D eigenvalue weighted by Gasteiger charge is -2.36. The molecular formula is C30H38N4O3. The largest absolute Gasteiger partial charge is 0.506 e. The summed E-state index contributed by atoms with van der Waals surface area (Å²) in [6, 6.07) is 16.0. The van der Waals surface area contributed by atoms with E-state index in [2.05, 4.69) is 39.0 Å². The molecule has 37 heavy (non-hydrogen) atoms. The van der Waals surface area contributed by atoms with E-state index in [4.69, 9.17) is 4.74 Å². The molecule has 0 unspecified atom stereocenters. The highest BCUT2D eigenvalue weighted by molar-refractivity contribution is 5.94. The summed E-state index contributed by atoms with van der Waals surface area (Å²) in [5, 5.41) is 9.90. The Kier molecular flexibility index (Phi) is 8.66. The van der Waals surface area contributed by atoms with Crippen molar-refractivity contribution < 1.29 is 14.6 Å². The van der Waals surface area contributed by atoms with Crippen molar-refractivity contribution in [3.05, 3.63) is 72.1 Å². The lowest BCUT2D eigenvalue weighted by molar-refractivity contribution is 0.0773. The average molecular weight is 503 g/mol. The summed E-state index contributed by atoms with van der Waals surface area (Å²) >= 11 is 0. The van der Waals surface area contributed by atoms with Crippen LogP contribution in [0.1, 0.15) is 43.6 Å². The minimum atomic E-state index is 0.0719. The first-order chi connectivity index (χ1) is 17.9. The van der Waals surface area contributed by atoms with Crippen molar-refractivity contribution in [2.75, 3.05) is 44.2 Å². The number of carbonyl (C=O) groups is 1. The van der Waals surface area contributed by atoms with Gasteiger partial charge >= 0.3 is 0 Å². The van der Waals surface area contributed by atoms with Crippen molar-refractivity contribution in [2.45, 2.75) is 40.3 Å². The molecule has 196 valence electrons. The third-order valence-electron chi connectivity index (χ3n) is 6.70. The second-order valence-electron chi connectivity index (χ2n) is 9.75. The maximum Gasteiger partial charge on any atom is 0.253 e. The number of rotatable bonds is 9. The van der Waals surface area contributed by atoms with E-state index in [9.17, 15) is 9.90 Å². The Morgan fingerprint density at radius 3 is 2.30 bits per heavy atom. The molecule has 0 aliphatic carbocycles. The summed E-state index contributed by atoms with van der Waals surface area (Å²) in [4.78, 5) is 23.4. The highest BCUT2D eigenvalue weighted by atomic mass is 16.5. The van der Waals surface area contributed by atoms with Crippen LogP contribution in [0.5, 0.6) is 11.5 Å². The van der Waals surface area contributed by atoms with Crippen LogP contribution in [-0.2, 0) is 6.54 Å². The van der Waals surface area contributed by atoms with Crippen molar-refractivity contribution in [2.24, 2.45) is 0 Å². The van der Waals surface area contributed by atoms with Crippen LogP contribution in [-0.4, -0.2) is 71.2 Å². The fourth-order valence-corrected chi connectivity index (χ4v) is 4.78. The number of nitrogens with zero attached hydrogens (tertiary/aromatic N) is 4. The van der Waals surface area contributed by atoms with Crippen molar-refractivity contribution in [1.29, 1.82) is 0 Å². The molecule has 7 heteroatoms. The number of piperazine rings is 1. The van der Waals surface area contributed by atoms with Crippen LogP contribution in [0.2, 0.25) is 0 Å². The molecule has 0 atom stereocenters. The third kappa shape index (κ3) is 6.80. The number of benzene rings is 2. The molecular weight excluding hydrogens is 464 g/mol. The number of hydrogen-bond acceptors (Lipinski definition) is 6. The minimum Gasteiger partial charge on any atom is -0.506 e. The number of pyridine rings is 1. The Morgan fingerprint density at radius 2 is 1.68 bits per heavy atom. The zero-order chi connectivity index (χ0) is 26.4. The number of carbonyl (C=O) groups excluding carboxylic acids is 1. The van der Waals surface area contributed by atoms with Gasteiger partial charge in [-0.15, -0.1) is 0 Å². The Hall–Kier alpha value is -3.58. The van der Waals surface area contributed by atoms with Gasteiger partial charge in [-0.2, -0.15) is 0 Å². The molecule has 1 amide bonds. The van der Waals surface area contributed by atoms with E-state index in [1.54, 1.807) is 12.3 Å². The van der Waals surface area contributed by atoms with E-state index in [1.807, 2.05) is 50.8 Å². The van der Waals surface area contributed by atoms with Crippen molar-refractivity contribution in [1.82, 2.24) is 14.8 Å². The molecule has 0 bridgehead atoms. The molecule has 1 aliphatic rings. The van der Waals surface area contributed by atoms with Crippen LogP contribution < -0.4 is 9.64 Å². The van der Waals surface area contributed by atoms with Gasteiger partial charge in [0.05, 0.1) is 12.3 Å². The van der Waals surface area contributed by atoms with Gasteiger partial charge < -0.3 is 19.6 Å².